The zero-order chi connectivity index (χ0) is 13.1. The van der Waals surface area contributed by atoms with Gasteiger partial charge < -0.3 is 11.1 Å². The zero-order valence-corrected chi connectivity index (χ0v) is 10.3. The molecule has 0 saturated carbocycles. The average molecular weight is 268 g/mol. The first-order valence-corrected chi connectivity index (χ1v) is 5.60. The van der Waals surface area contributed by atoms with Crippen molar-refractivity contribution < 1.29 is 4.39 Å². The van der Waals surface area contributed by atoms with Crippen molar-refractivity contribution in [2.24, 2.45) is 0 Å². The largest absolute Gasteiger partial charge is 0.383 e. The summed E-state index contributed by atoms with van der Waals surface area (Å²) in [6.07, 6.45) is 1.15. The monoisotopic (exact) mass is 267 g/mol. The lowest BCUT2D eigenvalue weighted by Crippen LogP contribution is -2.11. The number of anilines is 2. The summed E-state index contributed by atoms with van der Waals surface area (Å²) < 4.78 is 12.7. The van der Waals surface area contributed by atoms with Crippen LogP contribution in [0, 0.1) is 5.82 Å². The zero-order valence-electron chi connectivity index (χ0n) is 9.56. The van der Waals surface area contributed by atoms with E-state index < -0.39 is 0 Å². The summed E-state index contributed by atoms with van der Waals surface area (Å²) in [6, 6.07) is 4.19. The molecule has 2 heterocycles. The molecule has 0 unspecified atom stereocenters. The van der Waals surface area contributed by atoms with E-state index in [0.717, 1.165) is 6.20 Å². The number of nitrogens with two attached hydrogens (primary N) is 1. The first-order chi connectivity index (χ1) is 8.54. The normalized spacial score (nSPS) is 12.2. The van der Waals surface area contributed by atoms with Crippen LogP contribution in [0.3, 0.4) is 0 Å². The summed E-state index contributed by atoms with van der Waals surface area (Å²) in [6.45, 7) is 1.85. The fourth-order valence-electron chi connectivity index (χ4n) is 1.41. The minimum absolute atomic E-state index is 0.191. The van der Waals surface area contributed by atoms with E-state index >= 15 is 0 Å². The van der Waals surface area contributed by atoms with Gasteiger partial charge in [0.2, 0.25) is 5.95 Å². The molecule has 0 amide bonds. The molecule has 2 aromatic heterocycles. The number of nitrogen functional groups attached to an aromatic ring is 1. The van der Waals surface area contributed by atoms with Crippen LogP contribution in [-0.4, -0.2) is 15.0 Å². The molecule has 0 saturated heterocycles. The van der Waals surface area contributed by atoms with Crippen LogP contribution < -0.4 is 11.1 Å². The Hall–Kier alpha value is -1.95. The van der Waals surface area contributed by atoms with Crippen molar-refractivity contribution in [1.82, 2.24) is 15.0 Å². The van der Waals surface area contributed by atoms with Crippen LogP contribution in [0.4, 0.5) is 16.2 Å². The molecule has 0 radical (unpaired) electrons. The number of nitrogens with zero attached hydrogens (tertiary/aromatic N) is 3. The fourth-order valence-corrected chi connectivity index (χ4v) is 1.60. The molecule has 5 nitrogen and oxygen atoms in total. The Morgan fingerprint density at radius 2 is 2.17 bits per heavy atom. The van der Waals surface area contributed by atoms with Gasteiger partial charge in [0.15, 0.2) is 0 Å². The van der Waals surface area contributed by atoms with E-state index in [9.17, 15) is 4.39 Å². The van der Waals surface area contributed by atoms with Crippen LogP contribution in [-0.2, 0) is 0 Å². The highest BCUT2D eigenvalue weighted by Crippen LogP contribution is 2.17. The van der Waals surface area contributed by atoms with Gasteiger partial charge in [-0.15, -0.1) is 0 Å². The molecule has 2 rings (SSSR count). The number of rotatable bonds is 3. The van der Waals surface area contributed by atoms with Gasteiger partial charge >= 0.3 is 0 Å². The Bertz CT molecular complexity index is 525. The second-order valence-corrected chi connectivity index (χ2v) is 4.09. The van der Waals surface area contributed by atoms with Crippen LogP contribution >= 0.6 is 11.6 Å². The molecule has 2 aromatic rings. The molecule has 1 atom stereocenters. The topological polar surface area (TPSA) is 76.7 Å². The molecular formula is C11H11ClFN5. The van der Waals surface area contributed by atoms with Gasteiger partial charge in [-0.05, 0) is 19.1 Å². The van der Waals surface area contributed by atoms with Crippen LogP contribution in [0.15, 0.2) is 24.4 Å². The minimum Gasteiger partial charge on any atom is -0.383 e. The quantitative estimate of drug-likeness (QED) is 0.835. The first kappa shape index (κ1) is 12.5. The minimum atomic E-state index is -0.380. The van der Waals surface area contributed by atoms with Gasteiger partial charge in [0.1, 0.15) is 16.8 Å². The Labute approximate surface area is 108 Å². The molecule has 0 aliphatic rings. The fraction of sp³-hybridized carbons (Fsp3) is 0.182. The second kappa shape index (κ2) is 5.14. The molecule has 0 aliphatic carbocycles. The summed E-state index contributed by atoms with van der Waals surface area (Å²) in [5, 5.41) is 3.24. The molecule has 0 bridgehead atoms. The van der Waals surface area contributed by atoms with Crippen LogP contribution in [0.2, 0.25) is 5.15 Å². The molecule has 0 aromatic carbocycles. The molecule has 94 valence electrons. The van der Waals surface area contributed by atoms with Crippen molar-refractivity contribution in [1.29, 1.82) is 0 Å². The van der Waals surface area contributed by atoms with Crippen molar-refractivity contribution in [2.45, 2.75) is 13.0 Å². The summed E-state index contributed by atoms with van der Waals surface area (Å²) in [5.74, 6) is 0.199. The van der Waals surface area contributed by atoms with Crippen LogP contribution in [0.25, 0.3) is 0 Å². The molecule has 0 fully saturated rings. The predicted octanol–water partition coefficient (Wildman–Crippen LogP) is 2.42. The Morgan fingerprint density at radius 3 is 2.78 bits per heavy atom. The predicted molar refractivity (Wildman–Crippen MR) is 67.7 cm³/mol. The number of hydrogen-bond acceptors (Lipinski definition) is 5. The third-order valence-electron chi connectivity index (χ3n) is 2.25. The van der Waals surface area contributed by atoms with E-state index in [-0.39, 0.29) is 22.8 Å². The van der Waals surface area contributed by atoms with Gasteiger partial charge in [-0.2, -0.15) is 4.98 Å². The lowest BCUT2D eigenvalue weighted by Gasteiger charge is -2.13. The van der Waals surface area contributed by atoms with E-state index in [1.807, 2.05) is 6.92 Å². The maximum atomic E-state index is 12.7. The van der Waals surface area contributed by atoms with E-state index in [4.69, 9.17) is 17.3 Å². The molecule has 0 aliphatic heterocycles. The summed E-state index contributed by atoms with van der Waals surface area (Å²) >= 11 is 5.76. The molecule has 3 N–H and O–H groups in total. The molecular weight excluding hydrogens is 257 g/mol. The highest BCUT2D eigenvalue weighted by atomic mass is 35.5. The number of halogens is 2. The third kappa shape index (κ3) is 3.04. The number of aromatic nitrogens is 3. The standard InChI is InChI=1S/C11H11ClFN5/c1-6(8-3-2-7(13)5-15-8)16-11-17-9(12)4-10(14)18-11/h2-6H,1H3,(H3,14,16,17,18)/t6-/m0/s1. The number of hydrogen-bond donors (Lipinski definition) is 2. The number of pyridine rings is 1. The second-order valence-electron chi connectivity index (χ2n) is 3.71. The van der Waals surface area contributed by atoms with E-state index in [0.29, 0.717) is 11.6 Å². The van der Waals surface area contributed by atoms with Crippen LogP contribution in [0.1, 0.15) is 18.7 Å². The van der Waals surface area contributed by atoms with Crippen LogP contribution in [0.5, 0.6) is 0 Å². The Kier molecular flexibility index (Phi) is 3.57. The van der Waals surface area contributed by atoms with Crippen molar-refractivity contribution >= 4 is 23.4 Å². The van der Waals surface area contributed by atoms with Gasteiger partial charge in [-0.1, -0.05) is 11.6 Å². The van der Waals surface area contributed by atoms with Crippen molar-refractivity contribution in [2.75, 3.05) is 11.1 Å². The Balaban J connectivity index is 2.15. The van der Waals surface area contributed by atoms with Gasteiger partial charge in [-0.3, -0.25) is 4.98 Å². The molecule has 0 spiro atoms. The number of nitrogens with one attached hydrogen (secondary N) is 1. The van der Waals surface area contributed by atoms with E-state index in [1.165, 1.54) is 12.1 Å². The molecule has 7 heteroatoms. The van der Waals surface area contributed by atoms with E-state index in [2.05, 4.69) is 20.3 Å². The highest BCUT2D eigenvalue weighted by Gasteiger charge is 2.09. The van der Waals surface area contributed by atoms with Gasteiger partial charge in [0.05, 0.1) is 17.9 Å². The maximum absolute atomic E-state index is 12.7. The smallest absolute Gasteiger partial charge is 0.226 e. The lowest BCUT2D eigenvalue weighted by molar-refractivity contribution is 0.617. The van der Waals surface area contributed by atoms with Gasteiger partial charge in [0, 0.05) is 6.07 Å². The summed E-state index contributed by atoms with van der Waals surface area (Å²) in [7, 11) is 0. The SMILES string of the molecule is C[C@H](Nc1nc(N)cc(Cl)n1)c1ccc(F)cn1. The third-order valence-corrected chi connectivity index (χ3v) is 2.45. The van der Waals surface area contributed by atoms with Gasteiger partial charge in [0.25, 0.3) is 0 Å². The van der Waals surface area contributed by atoms with Gasteiger partial charge in [-0.25, -0.2) is 9.37 Å². The lowest BCUT2D eigenvalue weighted by atomic mass is 10.2. The van der Waals surface area contributed by atoms with Crippen molar-refractivity contribution in [3.8, 4) is 0 Å². The maximum Gasteiger partial charge on any atom is 0.226 e. The Morgan fingerprint density at radius 1 is 1.39 bits per heavy atom. The summed E-state index contributed by atoms with van der Waals surface area (Å²) in [5.41, 5.74) is 6.22. The van der Waals surface area contributed by atoms with E-state index in [1.54, 1.807) is 6.07 Å². The summed E-state index contributed by atoms with van der Waals surface area (Å²) in [4.78, 5) is 11.9. The average Bonchev–Trinajstić information content (AvgIpc) is 2.28. The molecule has 18 heavy (non-hydrogen) atoms. The highest BCUT2D eigenvalue weighted by molar-refractivity contribution is 6.29. The van der Waals surface area contributed by atoms with Crippen molar-refractivity contribution in [3.63, 3.8) is 0 Å². The first-order valence-electron chi connectivity index (χ1n) is 5.22. The van der Waals surface area contributed by atoms with Crippen molar-refractivity contribution in [3.05, 3.63) is 41.1 Å².